The molecule has 1 heterocycles. The number of aliphatic hydroxyl groups is 1. The molecule has 1 saturated carbocycles. The summed E-state index contributed by atoms with van der Waals surface area (Å²) < 4.78 is 32.9. The van der Waals surface area contributed by atoms with E-state index in [0.717, 1.165) is 49.0 Å². The van der Waals surface area contributed by atoms with Crippen LogP contribution in [0.5, 0.6) is 0 Å². The normalized spacial score (nSPS) is 28.5. The van der Waals surface area contributed by atoms with Crippen molar-refractivity contribution in [1.82, 2.24) is 0 Å². The van der Waals surface area contributed by atoms with Crippen LogP contribution in [0.25, 0.3) is 32.3 Å². The second-order valence-electron chi connectivity index (χ2n) is 14.9. The standard InChI is InChI=1S/C45H50N4O6/c46-23-38-42(51-24-27-13-16-30-7-1-4-10-33(30)19-27)43(52-25-28-14-17-31-8-2-5-11-34(31)20-28)39(49)45(54-38)55-41-37(48)22-36(47)40(50)44(41)53-26-29-15-18-32-9-3-6-12-35(32)21-29/h1-21,36-45,50H,22-26,46-49H2/t36-,37?,38?,39?,40-,41-,42-,43-,44?,45-/m1/s1. The average molecular weight is 743 g/mol. The van der Waals surface area contributed by atoms with Gasteiger partial charge in [0, 0.05) is 18.6 Å². The minimum atomic E-state index is -1.03. The molecule has 9 N–H and O–H groups in total. The van der Waals surface area contributed by atoms with Gasteiger partial charge in [0.1, 0.15) is 30.5 Å². The number of rotatable bonds is 12. The monoisotopic (exact) mass is 742 g/mol. The zero-order chi connectivity index (χ0) is 37.9. The van der Waals surface area contributed by atoms with E-state index >= 15 is 0 Å². The lowest BCUT2D eigenvalue weighted by Gasteiger charge is -2.48. The highest BCUT2D eigenvalue weighted by Crippen LogP contribution is 2.32. The van der Waals surface area contributed by atoms with Crippen LogP contribution in [0.15, 0.2) is 127 Å². The molecular formula is C45H50N4O6. The Kier molecular flexibility index (Phi) is 11.5. The molecule has 4 unspecified atom stereocenters. The third kappa shape index (κ3) is 8.30. The Bertz CT molecular complexity index is 2220. The molecule has 1 aliphatic carbocycles. The number of hydrogen-bond acceptors (Lipinski definition) is 10. The molecule has 0 bridgehead atoms. The van der Waals surface area contributed by atoms with Gasteiger partial charge in [-0.1, -0.05) is 109 Å². The van der Waals surface area contributed by atoms with Crippen molar-refractivity contribution in [2.45, 2.75) is 87.3 Å². The van der Waals surface area contributed by atoms with Gasteiger partial charge in [-0.05, 0) is 73.6 Å². The first-order valence-corrected chi connectivity index (χ1v) is 19.1. The first-order chi connectivity index (χ1) is 26.8. The van der Waals surface area contributed by atoms with Gasteiger partial charge in [-0.3, -0.25) is 0 Å². The third-order valence-electron chi connectivity index (χ3n) is 11.1. The molecule has 286 valence electrons. The molecule has 8 rings (SSSR count). The van der Waals surface area contributed by atoms with Crippen LogP contribution in [0.4, 0.5) is 0 Å². The summed E-state index contributed by atoms with van der Waals surface area (Å²) in [5.41, 5.74) is 29.5. The van der Waals surface area contributed by atoms with Crippen molar-refractivity contribution in [3.63, 3.8) is 0 Å². The van der Waals surface area contributed by atoms with Crippen molar-refractivity contribution in [3.8, 4) is 0 Å². The summed E-state index contributed by atoms with van der Waals surface area (Å²) in [5, 5.41) is 18.1. The van der Waals surface area contributed by atoms with Crippen LogP contribution in [0, 0.1) is 0 Å². The summed E-state index contributed by atoms with van der Waals surface area (Å²) in [7, 11) is 0. The second-order valence-corrected chi connectivity index (χ2v) is 14.9. The number of nitrogens with two attached hydrogens (primary N) is 4. The van der Waals surface area contributed by atoms with Gasteiger partial charge in [-0.25, -0.2) is 0 Å². The predicted molar refractivity (Wildman–Crippen MR) is 215 cm³/mol. The molecule has 2 aliphatic rings. The van der Waals surface area contributed by atoms with Gasteiger partial charge in [-0.15, -0.1) is 0 Å². The van der Waals surface area contributed by atoms with Crippen LogP contribution in [-0.2, 0) is 43.5 Å². The second kappa shape index (κ2) is 16.8. The van der Waals surface area contributed by atoms with E-state index in [1.165, 1.54) is 0 Å². The fourth-order valence-corrected chi connectivity index (χ4v) is 8.01. The first kappa shape index (κ1) is 37.6. The molecule has 6 aromatic rings. The van der Waals surface area contributed by atoms with E-state index in [1.54, 1.807) is 0 Å². The minimum absolute atomic E-state index is 0.122. The quantitative estimate of drug-likeness (QED) is 0.115. The predicted octanol–water partition coefficient (Wildman–Crippen LogP) is 5.02. The molecular weight excluding hydrogens is 693 g/mol. The summed E-state index contributed by atoms with van der Waals surface area (Å²) in [4.78, 5) is 0. The third-order valence-corrected chi connectivity index (χ3v) is 11.1. The molecule has 1 saturated heterocycles. The van der Waals surface area contributed by atoms with E-state index < -0.39 is 61.0 Å². The van der Waals surface area contributed by atoms with Crippen molar-refractivity contribution >= 4 is 32.3 Å². The number of fused-ring (bicyclic) bond motifs is 3. The molecule has 2 fully saturated rings. The molecule has 55 heavy (non-hydrogen) atoms. The molecule has 6 aromatic carbocycles. The number of hydrogen-bond donors (Lipinski definition) is 5. The molecule has 0 radical (unpaired) electrons. The van der Waals surface area contributed by atoms with Gasteiger partial charge < -0.3 is 51.7 Å². The lowest BCUT2D eigenvalue weighted by molar-refractivity contribution is -0.303. The molecule has 10 atom stereocenters. The Hall–Kier alpha value is -4.30. The summed E-state index contributed by atoms with van der Waals surface area (Å²) in [6, 6.07) is 41.2. The van der Waals surface area contributed by atoms with Crippen molar-refractivity contribution in [1.29, 1.82) is 0 Å². The summed E-state index contributed by atoms with van der Waals surface area (Å²) >= 11 is 0. The van der Waals surface area contributed by atoms with Crippen LogP contribution >= 0.6 is 0 Å². The molecule has 0 aromatic heterocycles. The minimum Gasteiger partial charge on any atom is -0.389 e. The topological polar surface area (TPSA) is 170 Å². The lowest BCUT2D eigenvalue weighted by atomic mass is 9.84. The summed E-state index contributed by atoms with van der Waals surface area (Å²) in [6.45, 7) is 0.913. The number of benzene rings is 6. The van der Waals surface area contributed by atoms with Crippen molar-refractivity contribution < 1.29 is 28.8 Å². The van der Waals surface area contributed by atoms with Gasteiger partial charge in [0.05, 0.1) is 32.0 Å². The van der Waals surface area contributed by atoms with Crippen molar-refractivity contribution in [2.24, 2.45) is 22.9 Å². The Labute approximate surface area is 321 Å². The van der Waals surface area contributed by atoms with E-state index in [9.17, 15) is 5.11 Å². The van der Waals surface area contributed by atoms with Gasteiger partial charge in [-0.2, -0.15) is 0 Å². The maximum absolute atomic E-state index is 11.4. The Morgan fingerprint density at radius 3 is 1.44 bits per heavy atom. The molecule has 10 heteroatoms. The SMILES string of the molecule is NCC1O[C@H](O[C@@H]2C(N)C[C@@H](N)[C@@H](O)C2OCc2ccc3ccccc3c2)C(N)[C@@H](OCc2ccc3ccccc3c2)[C@@H]1OCc1ccc2ccccc2c1. The van der Waals surface area contributed by atoms with E-state index in [2.05, 4.69) is 84.9 Å². The highest BCUT2D eigenvalue weighted by atomic mass is 16.7. The molecule has 1 aliphatic heterocycles. The smallest absolute Gasteiger partial charge is 0.176 e. The zero-order valence-corrected chi connectivity index (χ0v) is 30.7. The van der Waals surface area contributed by atoms with E-state index in [0.29, 0.717) is 13.0 Å². The highest BCUT2D eigenvalue weighted by Gasteiger charge is 2.50. The lowest BCUT2D eigenvalue weighted by Crippen LogP contribution is -2.68. The van der Waals surface area contributed by atoms with E-state index in [4.69, 9.17) is 46.6 Å². The first-order valence-electron chi connectivity index (χ1n) is 19.1. The van der Waals surface area contributed by atoms with E-state index in [1.807, 2.05) is 42.5 Å². The van der Waals surface area contributed by atoms with Crippen LogP contribution in [0.3, 0.4) is 0 Å². The van der Waals surface area contributed by atoms with Crippen molar-refractivity contribution in [2.75, 3.05) is 6.54 Å². The fourth-order valence-electron chi connectivity index (χ4n) is 8.01. The van der Waals surface area contributed by atoms with Crippen LogP contribution in [0.2, 0.25) is 0 Å². The Balaban J connectivity index is 1.03. The van der Waals surface area contributed by atoms with Crippen molar-refractivity contribution in [3.05, 3.63) is 144 Å². The Morgan fingerprint density at radius 2 is 0.964 bits per heavy atom. The van der Waals surface area contributed by atoms with Gasteiger partial charge >= 0.3 is 0 Å². The molecule has 10 nitrogen and oxygen atoms in total. The highest BCUT2D eigenvalue weighted by molar-refractivity contribution is 5.84. The van der Waals surface area contributed by atoms with Crippen LogP contribution < -0.4 is 22.9 Å². The van der Waals surface area contributed by atoms with Crippen LogP contribution in [-0.4, -0.2) is 72.7 Å². The summed E-state index contributed by atoms with van der Waals surface area (Å²) in [6.07, 6.45) is -5.28. The van der Waals surface area contributed by atoms with Gasteiger partial charge in [0.25, 0.3) is 0 Å². The zero-order valence-electron chi connectivity index (χ0n) is 30.7. The Morgan fingerprint density at radius 1 is 0.527 bits per heavy atom. The molecule has 0 spiro atoms. The summed E-state index contributed by atoms with van der Waals surface area (Å²) in [5.74, 6) is 0. The number of ether oxygens (including phenoxy) is 5. The van der Waals surface area contributed by atoms with Gasteiger partial charge in [0.2, 0.25) is 0 Å². The maximum atomic E-state index is 11.4. The fraction of sp³-hybridized carbons (Fsp3) is 0.333. The van der Waals surface area contributed by atoms with Crippen LogP contribution in [0.1, 0.15) is 23.1 Å². The molecule has 0 amide bonds. The van der Waals surface area contributed by atoms with Gasteiger partial charge in [0.15, 0.2) is 6.29 Å². The number of aliphatic hydroxyl groups excluding tert-OH is 1. The average Bonchev–Trinajstić information content (AvgIpc) is 3.21. The van der Waals surface area contributed by atoms with E-state index in [-0.39, 0.29) is 19.8 Å². The maximum Gasteiger partial charge on any atom is 0.176 e. The largest absolute Gasteiger partial charge is 0.389 e.